The number of nitrogens with one attached hydrogen (secondary N) is 2. The van der Waals surface area contributed by atoms with E-state index in [0.717, 1.165) is 16.9 Å². The number of carbonyl (C=O) groups is 1. The molecule has 0 aliphatic carbocycles. The van der Waals surface area contributed by atoms with Crippen molar-refractivity contribution in [1.29, 1.82) is 0 Å². The lowest BCUT2D eigenvalue weighted by molar-refractivity contribution is 0.0306. The number of hydroxylamine groups is 1. The molecule has 27 heavy (non-hydrogen) atoms. The van der Waals surface area contributed by atoms with Gasteiger partial charge in [-0.1, -0.05) is 30.3 Å². The van der Waals surface area contributed by atoms with Crippen LogP contribution in [0.2, 0.25) is 0 Å². The summed E-state index contributed by atoms with van der Waals surface area (Å²) in [5, 5.41) is 3.20. The summed E-state index contributed by atoms with van der Waals surface area (Å²) in [4.78, 5) is 26.0. The molecule has 0 aliphatic heterocycles. The topological polar surface area (TPSA) is 93.7 Å². The Labute approximate surface area is 154 Å². The predicted molar refractivity (Wildman–Crippen MR) is 98.9 cm³/mol. The van der Waals surface area contributed by atoms with Gasteiger partial charge in [0.25, 0.3) is 0 Å². The molecule has 136 valence electrons. The third kappa shape index (κ3) is 3.25. The van der Waals surface area contributed by atoms with Crippen molar-refractivity contribution in [3.05, 3.63) is 72.7 Å². The van der Waals surface area contributed by atoms with Crippen molar-refractivity contribution in [2.75, 3.05) is 12.4 Å². The fraction of sp³-hybridized carbons (Fsp3) is 0.105. The van der Waals surface area contributed by atoms with Gasteiger partial charge in [0, 0.05) is 18.8 Å². The van der Waals surface area contributed by atoms with E-state index in [0.29, 0.717) is 18.0 Å². The highest BCUT2D eigenvalue weighted by molar-refractivity contribution is 6.00. The van der Waals surface area contributed by atoms with Gasteiger partial charge in [-0.25, -0.2) is 14.8 Å². The number of hydrogen-bond acceptors (Lipinski definition) is 7. The first kappa shape index (κ1) is 16.8. The number of hydrogen-bond donors (Lipinski definition) is 2. The number of rotatable bonds is 6. The van der Waals surface area contributed by atoms with Gasteiger partial charge in [0.15, 0.2) is 5.69 Å². The zero-order valence-electron chi connectivity index (χ0n) is 14.5. The fourth-order valence-corrected chi connectivity index (χ4v) is 2.84. The average molecular weight is 363 g/mol. The molecule has 0 fully saturated rings. The lowest BCUT2D eigenvalue weighted by atomic mass is 10.1. The molecule has 3 heterocycles. The standard InChI is InChI=1S/C19H17N5O3/c1-20-27-18(25)16-17-15(13-6-3-2-4-7-13)11-22-19(24(17)12-23-16)21-10-14-8-5-9-26-14/h2-9,11-12,20H,10H2,1H3,(H,21,22). The van der Waals surface area contributed by atoms with Crippen LogP contribution >= 0.6 is 0 Å². The Hall–Kier alpha value is -3.65. The molecule has 3 aromatic heterocycles. The van der Waals surface area contributed by atoms with Crippen LogP contribution in [0.1, 0.15) is 16.2 Å². The highest BCUT2D eigenvalue weighted by Crippen LogP contribution is 2.28. The molecule has 4 aromatic rings. The molecule has 0 spiro atoms. The number of anilines is 1. The van der Waals surface area contributed by atoms with E-state index < -0.39 is 5.97 Å². The second-order valence-electron chi connectivity index (χ2n) is 5.70. The van der Waals surface area contributed by atoms with Gasteiger partial charge in [-0.05, 0) is 17.7 Å². The number of fused-ring (bicyclic) bond motifs is 1. The van der Waals surface area contributed by atoms with E-state index >= 15 is 0 Å². The molecule has 0 bridgehead atoms. The van der Waals surface area contributed by atoms with Gasteiger partial charge in [-0.2, -0.15) is 5.48 Å². The second-order valence-corrected chi connectivity index (χ2v) is 5.70. The molecule has 2 N–H and O–H groups in total. The minimum atomic E-state index is -0.569. The van der Waals surface area contributed by atoms with Gasteiger partial charge >= 0.3 is 5.97 Å². The molecule has 8 nitrogen and oxygen atoms in total. The highest BCUT2D eigenvalue weighted by atomic mass is 16.7. The lowest BCUT2D eigenvalue weighted by Crippen LogP contribution is -2.16. The number of benzene rings is 1. The van der Waals surface area contributed by atoms with Gasteiger partial charge < -0.3 is 14.6 Å². The highest BCUT2D eigenvalue weighted by Gasteiger charge is 2.21. The SMILES string of the molecule is CNOC(=O)c1ncn2c(NCc3ccco3)ncc(-c3ccccc3)c12. The first-order valence-corrected chi connectivity index (χ1v) is 8.33. The maximum atomic E-state index is 12.3. The zero-order valence-corrected chi connectivity index (χ0v) is 14.5. The van der Waals surface area contributed by atoms with Crippen molar-refractivity contribution in [3.63, 3.8) is 0 Å². The number of carbonyl (C=O) groups excluding carboxylic acids is 1. The van der Waals surface area contributed by atoms with Crippen LogP contribution in [0.25, 0.3) is 16.6 Å². The summed E-state index contributed by atoms with van der Waals surface area (Å²) in [6.07, 6.45) is 4.88. The molecule has 0 amide bonds. The zero-order chi connectivity index (χ0) is 18.6. The van der Waals surface area contributed by atoms with Crippen molar-refractivity contribution < 1.29 is 14.0 Å². The van der Waals surface area contributed by atoms with Crippen LogP contribution < -0.4 is 10.8 Å². The summed E-state index contributed by atoms with van der Waals surface area (Å²) < 4.78 is 7.07. The molecule has 8 heteroatoms. The molecule has 1 aromatic carbocycles. The summed E-state index contributed by atoms with van der Waals surface area (Å²) in [6.45, 7) is 0.453. The first-order valence-electron chi connectivity index (χ1n) is 8.33. The quantitative estimate of drug-likeness (QED) is 0.509. The Morgan fingerprint density at radius 3 is 2.78 bits per heavy atom. The van der Waals surface area contributed by atoms with E-state index in [1.807, 2.05) is 42.5 Å². The Balaban J connectivity index is 1.82. The van der Waals surface area contributed by atoms with E-state index in [1.54, 1.807) is 23.2 Å². The van der Waals surface area contributed by atoms with Gasteiger partial charge in [-0.15, -0.1) is 0 Å². The molecule has 0 saturated carbocycles. The Morgan fingerprint density at radius 1 is 1.19 bits per heavy atom. The third-order valence-corrected chi connectivity index (χ3v) is 4.04. The van der Waals surface area contributed by atoms with E-state index in [4.69, 9.17) is 9.25 Å². The van der Waals surface area contributed by atoms with Crippen LogP contribution in [-0.2, 0) is 11.4 Å². The van der Waals surface area contributed by atoms with Crippen LogP contribution in [0, 0.1) is 0 Å². The van der Waals surface area contributed by atoms with E-state index in [-0.39, 0.29) is 5.69 Å². The van der Waals surface area contributed by atoms with Crippen LogP contribution in [-0.4, -0.2) is 27.4 Å². The van der Waals surface area contributed by atoms with Crippen molar-refractivity contribution in [3.8, 4) is 11.1 Å². The second kappa shape index (κ2) is 7.30. The van der Waals surface area contributed by atoms with Crippen molar-refractivity contribution >= 4 is 17.4 Å². The minimum Gasteiger partial charge on any atom is -0.467 e. The largest absolute Gasteiger partial charge is 0.467 e. The minimum absolute atomic E-state index is 0.201. The van der Waals surface area contributed by atoms with Crippen molar-refractivity contribution in [2.24, 2.45) is 0 Å². The number of aromatic nitrogens is 3. The summed E-state index contributed by atoms with van der Waals surface area (Å²) in [7, 11) is 1.52. The monoisotopic (exact) mass is 363 g/mol. The Morgan fingerprint density at radius 2 is 2.04 bits per heavy atom. The van der Waals surface area contributed by atoms with Gasteiger partial charge in [-0.3, -0.25) is 4.40 Å². The summed E-state index contributed by atoms with van der Waals surface area (Å²) in [5.41, 5.74) is 4.91. The van der Waals surface area contributed by atoms with Crippen molar-refractivity contribution in [2.45, 2.75) is 6.54 Å². The molecule has 0 radical (unpaired) electrons. The number of nitrogens with zero attached hydrogens (tertiary/aromatic N) is 3. The first-order chi connectivity index (χ1) is 13.3. The van der Waals surface area contributed by atoms with Gasteiger partial charge in [0.05, 0.1) is 18.3 Å². The molecular formula is C19H17N5O3. The molecular weight excluding hydrogens is 346 g/mol. The normalized spacial score (nSPS) is 10.9. The van der Waals surface area contributed by atoms with Crippen molar-refractivity contribution in [1.82, 2.24) is 19.8 Å². The van der Waals surface area contributed by atoms with E-state index in [9.17, 15) is 4.79 Å². The van der Waals surface area contributed by atoms with Gasteiger partial charge in [0.1, 0.15) is 12.1 Å². The smallest absolute Gasteiger partial charge is 0.377 e. The average Bonchev–Trinajstić information content (AvgIpc) is 3.37. The van der Waals surface area contributed by atoms with E-state index in [1.165, 1.54) is 7.05 Å². The van der Waals surface area contributed by atoms with Crippen LogP contribution in [0.5, 0.6) is 0 Å². The summed E-state index contributed by atoms with van der Waals surface area (Å²) >= 11 is 0. The third-order valence-electron chi connectivity index (χ3n) is 4.04. The molecule has 4 rings (SSSR count). The van der Waals surface area contributed by atoms with Crippen LogP contribution in [0.3, 0.4) is 0 Å². The maximum absolute atomic E-state index is 12.3. The molecule has 0 aliphatic rings. The molecule has 0 saturated heterocycles. The van der Waals surface area contributed by atoms with Gasteiger partial charge in [0.2, 0.25) is 5.95 Å². The van der Waals surface area contributed by atoms with Crippen LogP contribution in [0.15, 0.2) is 65.7 Å². The lowest BCUT2D eigenvalue weighted by Gasteiger charge is -2.11. The Kier molecular flexibility index (Phi) is 4.54. The van der Waals surface area contributed by atoms with Crippen LogP contribution in [0.4, 0.5) is 5.95 Å². The summed E-state index contributed by atoms with van der Waals surface area (Å²) in [5.74, 6) is 0.740. The number of imidazole rings is 1. The number of furan rings is 1. The molecule has 0 atom stereocenters. The maximum Gasteiger partial charge on any atom is 0.377 e. The predicted octanol–water partition coefficient (Wildman–Crippen LogP) is 2.89. The fourth-order valence-electron chi connectivity index (χ4n) is 2.84. The Bertz CT molecular complexity index is 1060. The summed E-state index contributed by atoms with van der Waals surface area (Å²) in [6, 6.07) is 13.4. The van der Waals surface area contributed by atoms with E-state index in [2.05, 4.69) is 20.8 Å². The molecule has 0 unspecified atom stereocenters.